The van der Waals surface area contributed by atoms with Gasteiger partial charge in [-0.05, 0) is 66.9 Å². The zero-order chi connectivity index (χ0) is 28.1. The molecular weight excluding hydrogens is 508 g/mol. The summed E-state index contributed by atoms with van der Waals surface area (Å²) in [5, 5.41) is 14.3. The minimum atomic E-state index is -0.982. The Morgan fingerprint density at radius 2 is 1.77 bits per heavy atom. The highest BCUT2D eigenvalue weighted by atomic mass is 16.5. The second kappa shape index (κ2) is 12.0. The summed E-state index contributed by atoms with van der Waals surface area (Å²) in [6.45, 7) is 1.30. The first-order valence-electron chi connectivity index (χ1n) is 13.3. The molecule has 0 saturated heterocycles. The van der Waals surface area contributed by atoms with Crippen LogP contribution >= 0.6 is 0 Å². The number of anilines is 2. The summed E-state index contributed by atoms with van der Waals surface area (Å²) >= 11 is 0. The molecule has 0 bridgehead atoms. The number of hydrogen-bond donors (Lipinski definition) is 2. The third-order valence-corrected chi connectivity index (χ3v) is 7.06. The van der Waals surface area contributed by atoms with Gasteiger partial charge >= 0.3 is 0 Å². The van der Waals surface area contributed by atoms with Crippen LogP contribution in [0.25, 0.3) is 11.0 Å². The van der Waals surface area contributed by atoms with Gasteiger partial charge in [-0.2, -0.15) is 0 Å². The third kappa shape index (κ3) is 5.96. The van der Waals surface area contributed by atoms with Crippen LogP contribution in [0, 0.1) is 0 Å². The van der Waals surface area contributed by atoms with Gasteiger partial charge in [0, 0.05) is 24.3 Å². The lowest BCUT2D eigenvalue weighted by molar-refractivity contribution is -0.127. The molecule has 1 aliphatic carbocycles. The van der Waals surface area contributed by atoms with Gasteiger partial charge in [-0.3, -0.25) is 19.3 Å². The molecule has 1 fully saturated rings. The lowest BCUT2D eigenvalue weighted by atomic mass is 10.0. The molecule has 1 aromatic heterocycles. The monoisotopic (exact) mass is 540 g/mol. The van der Waals surface area contributed by atoms with Crippen molar-refractivity contribution in [3.8, 4) is 5.75 Å². The van der Waals surface area contributed by atoms with Crippen molar-refractivity contribution < 1.29 is 19.1 Å². The maximum atomic E-state index is 14.2. The highest BCUT2D eigenvalue weighted by Crippen LogP contribution is 2.32. The molecule has 1 aliphatic rings. The molecule has 0 unspecified atom stereocenters. The largest absolute Gasteiger partial charge is 0.497 e. The maximum Gasteiger partial charge on any atom is 0.249 e. The highest BCUT2D eigenvalue weighted by Gasteiger charge is 2.35. The minimum absolute atomic E-state index is 0.0546. The summed E-state index contributed by atoms with van der Waals surface area (Å²) in [5.74, 6) is -0.254. The number of benzene rings is 3. The van der Waals surface area contributed by atoms with Crippen molar-refractivity contribution in [1.29, 1.82) is 0 Å². The number of carbonyl (C=O) groups excluding carboxylic acids is 3. The predicted molar refractivity (Wildman–Crippen MR) is 152 cm³/mol. The van der Waals surface area contributed by atoms with Crippen LogP contribution in [0.4, 0.5) is 11.4 Å². The van der Waals surface area contributed by atoms with E-state index in [-0.39, 0.29) is 30.3 Å². The van der Waals surface area contributed by atoms with Crippen molar-refractivity contribution in [3.63, 3.8) is 0 Å². The van der Waals surface area contributed by atoms with E-state index in [1.54, 1.807) is 49.6 Å². The SMILES string of the molecule is COc1cccc([C@H](C(=O)NC2CCCC2)N(C(=O)Cn2nnc3ccccc32)c2ccc(NC(C)=O)cc2)c1. The lowest BCUT2D eigenvalue weighted by Gasteiger charge is -2.32. The van der Waals surface area contributed by atoms with E-state index in [1.165, 1.54) is 16.5 Å². The van der Waals surface area contributed by atoms with E-state index in [4.69, 9.17) is 4.74 Å². The van der Waals surface area contributed by atoms with Crippen molar-refractivity contribution in [3.05, 3.63) is 78.4 Å². The van der Waals surface area contributed by atoms with Gasteiger partial charge < -0.3 is 15.4 Å². The van der Waals surface area contributed by atoms with Crippen LogP contribution in [-0.2, 0) is 20.9 Å². The summed E-state index contributed by atoms with van der Waals surface area (Å²) in [4.78, 5) is 41.3. The molecule has 3 amide bonds. The molecule has 3 aromatic carbocycles. The van der Waals surface area contributed by atoms with Gasteiger partial charge in [-0.1, -0.05) is 42.3 Å². The van der Waals surface area contributed by atoms with E-state index in [0.29, 0.717) is 33.7 Å². The van der Waals surface area contributed by atoms with E-state index >= 15 is 0 Å². The van der Waals surface area contributed by atoms with E-state index < -0.39 is 6.04 Å². The molecule has 0 spiro atoms. The summed E-state index contributed by atoms with van der Waals surface area (Å²) < 4.78 is 6.99. The number of amides is 3. The fourth-order valence-corrected chi connectivity index (χ4v) is 5.16. The molecule has 10 nitrogen and oxygen atoms in total. The lowest BCUT2D eigenvalue weighted by Crippen LogP contribution is -2.47. The molecule has 4 aromatic rings. The molecule has 1 heterocycles. The Kier molecular flexibility index (Phi) is 8.04. The van der Waals surface area contributed by atoms with Crippen molar-refractivity contribution in [1.82, 2.24) is 20.3 Å². The van der Waals surface area contributed by atoms with E-state index in [2.05, 4.69) is 20.9 Å². The van der Waals surface area contributed by atoms with Gasteiger partial charge in [0.25, 0.3) is 0 Å². The topological polar surface area (TPSA) is 118 Å². The number of aromatic nitrogens is 3. The van der Waals surface area contributed by atoms with Gasteiger partial charge in [-0.25, -0.2) is 4.68 Å². The van der Waals surface area contributed by atoms with Crippen LogP contribution in [0.15, 0.2) is 72.8 Å². The van der Waals surface area contributed by atoms with E-state index in [9.17, 15) is 14.4 Å². The summed E-state index contributed by atoms with van der Waals surface area (Å²) in [6.07, 6.45) is 3.92. The molecule has 0 aliphatic heterocycles. The molecule has 1 atom stereocenters. The fraction of sp³-hybridized carbons (Fsp3) is 0.300. The standard InChI is InChI=1S/C30H32N6O4/c1-20(37)31-23-14-16-24(17-15-23)36(28(38)19-35-27-13-6-5-12-26(27)33-34-35)29(21-8-7-11-25(18-21)40-2)30(39)32-22-9-3-4-10-22/h5-8,11-18,22,29H,3-4,9-10,19H2,1-2H3,(H,31,37)(H,32,39)/t29-/m1/s1. The number of hydrogen-bond acceptors (Lipinski definition) is 6. The van der Waals surface area contributed by atoms with E-state index in [0.717, 1.165) is 25.7 Å². The van der Waals surface area contributed by atoms with Gasteiger partial charge in [0.05, 0.1) is 12.6 Å². The van der Waals surface area contributed by atoms with Crippen molar-refractivity contribution in [2.45, 2.75) is 51.2 Å². The Balaban J connectivity index is 1.58. The first-order valence-corrected chi connectivity index (χ1v) is 13.3. The number of carbonyl (C=O) groups is 3. The normalized spacial score (nSPS) is 14.1. The zero-order valence-electron chi connectivity index (χ0n) is 22.5. The Hall–Kier alpha value is -4.73. The number of ether oxygens (including phenoxy) is 1. The second-order valence-electron chi connectivity index (χ2n) is 9.90. The quantitative estimate of drug-likeness (QED) is 0.328. The van der Waals surface area contributed by atoms with Crippen LogP contribution in [0.2, 0.25) is 0 Å². The van der Waals surface area contributed by atoms with Crippen LogP contribution in [-0.4, -0.2) is 45.9 Å². The van der Waals surface area contributed by atoms with Gasteiger partial charge in [0.1, 0.15) is 23.9 Å². The summed E-state index contributed by atoms with van der Waals surface area (Å²) in [7, 11) is 1.56. The number of fused-ring (bicyclic) bond motifs is 1. The zero-order valence-corrected chi connectivity index (χ0v) is 22.5. The summed E-state index contributed by atoms with van der Waals surface area (Å²) in [5.41, 5.74) is 3.07. The van der Waals surface area contributed by atoms with Gasteiger partial charge in [0.15, 0.2) is 0 Å². The van der Waals surface area contributed by atoms with Crippen LogP contribution < -0.4 is 20.3 Å². The Morgan fingerprint density at radius 1 is 1.02 bits per heavy atom. The Morgan fingerprint density at radius 3 is 2.50 bits per heavy atom. The van der Waals surface area contributed by atoms with Crippen LogP contribution in [0.5, 0.6) is 5.75 Å². The minimum Gasteiger partial charge on any atom is -0.497 e. The second-order valence-corrected chi connectivity index (χ2v) is 9.90. The molecule has 40 heavy (non-hydrogen) atoms. The molecule has 0 radical (unpaired) electrons. The average molecular weight is 541 g/mol. The molecule has 206 valence electrons. The highest BCUT2D eigenvalue weighted by molar-refractivity contribution is 6.02. The number of para-hydroxylation sites is 1. The molecular formula is C30H32N6O4. The first-order chi connectivity index (χ1) is 19.4. The number of rotatable bonds is 9. The van der Waals surface area contributed by atoms with Crippen molar-refractivity contribution >= 4 is 40.1 Å². The molecule has 2 N–H and O–H groups in total. The fourth-order valence-electron chi connectivity index (χ4n) is 5.16. The molecule has 1 saturated carbocycles. The Labute approximate surface area is 232 Å². The average Bonchev–Trinajstić information content (AvgIpc) is 3.62. The maximum absolute atomic E-state index is 14.2. The smallest absolute Gasteiger partial charge is 0.249 e. The van der Waals surface area contributed by atoms with Crippen molar-refractivity contribution in [2.75, 3.05) is 17.3 Å². The van der Waals surface area contributed by atoms with Crippen LogP contribution in [0.1, 0.15) is 44.2 Å². The Bertz CT molecular complexity index is 1510. The first kappa shape index (κ1) is 26.9. The number of nitrogens with zero attached hydrogens (tertiary/aromatic N) is 4. The summed E-state index contributed by atoms with van der Waals surface area (Å²) in [6, 6.07) is 20.5. The van der Waals surface area contributed by atoms with Crippen LogP contribution in [0.3, 0.4) is 0 Å². The van der Waals surface area contributed by atoms with Crippen molar-refractivity contribution in [2.24, 2.45) is 0 Å². The van der Waals surface area contributed by atoms with E-state index in [1.807, 2.05) is 30.3 Å². The van der Waals surface area contributed by atoms with Gasteiger partial charge in [-0.15, -0.1) is 5.10 Å². The van der Waals surface area contributed by atoms with Gasteiger partial charge in [0.2, 0.25) is 17.7 Å². The number of methoxy groups -OCH3 is 1. The molecule has 10 heteroatoms. The predicted octanol–water partition coefficient (Wildman–Crippen LogP) is 4.23. The molecule has 5 rings (SSSR count). The number of nitrogens with one attached hydrogen (secondary N) is 2. The third-order valence-electron chi connectivity index (χ3n) is 7.06.